The van der Waals surface area contributed by atoms with E-state index in [0.717, 1.165) is 70.0 Å². The first-order valence-corrected chi connectivity index (χ1v) is 12.8. The fourth-order valence-electron chi connectivity index (χ4n) is 4.70. The van der Waals surface area contributed by atoms with Crippen LogP contribution in [0.25, 0.3) is 11.1 Å². The molecule has 0 aromatic heterocycles. The van der Waals surface area contributed by atoms with E-state index in [9.17, 15) is 0 Å². The Labute approximate surface area is 220 Å². The van der Waals surface area contributed by atoms with E-state index < -0.39 is 0 Å². The van der Waals surface area contributed by atoms with Gasteiger partial charge in [0.1, 0.15) is 17.2 Å². The van der Waals surface area contributed by atoms with Crippen molar-refractivity contribution >= 4 is 15.9 Å². The molecule has 0 aliphatic carbocycles. The van der Waals surface area contributed by atoms with Gasteiger partial charge in [0.15, 0.2) is 11.5 Å². The third-order valence-corrected chi connectivity index (χ3v) is 7.45. The monoisotopic (exact) mass is 544 g/mol. The van der Waals surface area contributed by atoms with Crippen molar-refractivity contribution in [2.24, 2.45) is 0 Å². The second kappa shape index (κ2) is 10.7. The molecule has 4 aromatic rings. The molecule has 8 rings (SSSR count). The molecule has 184 valence electrons. The highest BCUT2D eigenvalue weighted by molar-refractivity contribution is 9.10. The minimum absolute atomic E-state index is 0.718. The zero-order valence-corrected chi connectivity index (χ0v) is 22.4. The van der Waals surface area contributed by atoms with Crippen LogP contribution in [0.5, 0.6) is 28.7 Å². The third-order valence-electron chi connectivity index (χ3n) is 6.72. The van der Waals surface area contributed by atoms with Gasteiger partial charge in [-0.3, -0.25) is 0 Å². The second-order valence-corrected chi connectivity index (χ2v) is 9.75. The molecule has 36 heavy (non-hydrogen) atoms. The Balaban J connectivity index is 1.63. The Hall–Kier alpha value is -3.44. The van der Waals surface area contributed by atoms with Gasteiger partial charge in [0.2, 0.25) is 0 Å². The molecular weight excluding hydrogens is 516 g/mol. The SMILES string of the molecule is COc1ccc2c(c1)CCc1ccc(cc1)Oc1cc(ccc1OC)CCc1cc(OC)c-2cc1Br. The maximum Gasteiger partial charge on any atom is 0.169 e. The average Bonchev–Trinajstić information content (AvgIpc) is 2.91. The van der Waals surface area contributed by atoms with E-state index in [0.29, 0.717) is 0 Å². The summed E-state index contributed by atoms with van der Waals surface area (Å²) in [5.74, 6) is 3.94. The molecule has 0 fully saturated rings. The maximum absolute atomic E-state index is 6.24. The van der Waals surface area contributed by atoms with E-state index in [1.54, 1.807) is 21.3 Å². The summed E-state index contributed by atoms with van der Waals surface area (Å²) in [7, 11) is 5.11. The van der Waals surface area contributed by atoms with Crippen molar-refractivity contribution in [2.45, 2.75) is 25.7 Å². The lowest BCUT2D eigenvalue weighted by atomic mass is 9.92. The Kier molecular flexibility index (Phi) is 7.19. The standard InChI is InChI=1S/C31H29BrO4/c1-33-25-13-14-26-22(17-25)9-4-20-6-11-24(12-7-20)36-31-16-21(8-15-29(31)34-2)5-10-23-18-30(35-3)27(26)19-28(23)32/h6-8,11-19H,4-5,9-10H2,1-3H3. The first-order chi connectivity index (χ1) is 17.6. The van der Waals surface area contributed by atoms with E-state index in [4.69, 9.17) is 18.9 Å². The van der Waals surface area contributed by atoms with Crippen LogP contribution in [-0.2, 0) is 25.7 Å². The third kappa shape index (κ3) is 5.07. The lowest BCUT2D eigenvalue weighted by Crippen LogP contribution is -2.00. The number of halogens is 1. The van der Waals surface area contributed by atoms with E-state index in [1.807, 2.05) is 24.3 Å². The van der Waals surface area contributed by atoms with Crippen LogP contribution in [0.1, 0.15) is 22.3 Å². The highest BCUT2D eigenvalue weighted by atomic mass is 79.9. The van der Waals surface area contributed by atoms with Gasteiger partial charge in [-0.25, -0.2) is 0 Å². The summed E-state index contributed by atoms with van der Waals surface area (Å²) in [6.07, 6.45) is 3.47. The highest BCUT2D eigenvalue weighted by Crippen LogP contribution is 2.39. The van der Waals surface area contributed by atoms with E-state index in [2.05, 4.69) is 64.5 Å². The van der Waals surface area contributed by atoms with Crippen molar-refractivity contribution in [3.8, 4) is 39.9 Å². The molecule has 0 radical (unpaired) electrons. The minimum Gasteiger partial charge on any atom is -0.497 e. The van der Waals surface area contributed by atoms with Crippen LogP contribution in [0.4, 0.5) is 0 Å². The van der Waals surface area contributed by atoms with Crippen LogP contribution >= 0.6 is 15.9 Å². The van der Waals surface area contributed by atoms with Crippen molar-refractivity contribution in [1.29, 1.82) is 0 Å². The predicted octanol–water partition coefficient (Wildman–Crippen LogP) is 7.82. The molecule has 0 unspecified atom stereocenters. The number of aryl methyl sites for hydroxylation is 4. The van der Waals surface area contributed by atoms with Gasteiger partial charge in [-0.2, -0.15) is 0 Å². The first kappa shape index (κ1) is 24.3. The van der Waals surface area contributed by atoms with Gasteiger partial charge >= 0.3 is 0 Å². The number of hydrogen-bond donors (Lipinski definition) is 0. The summed E-state index contributed by atoms with van der Waals surface area (Å²) in [5, 5.41) is 0. The topological polar surface area (TPSA) is 36.9 Å². The number of hydrogen-bond acceptors (Lipinski definition) is 4. The van der Waals surface area contributed by atoms with Gasteiger partial charge in [-0.1, -0.05) is 40.2 Å². The molecule has 0 amide bonds. The average molecular weight is 545 g/mol. The molecule has 4 aromatic carbocycles. The highest BCUT2D eigenvalue weighted by Gasteiger charge is 2.16. The Morgan fingerprint density at radius 3 is 2.08 bits per heavy atom. The van der Waals surface area contributed by atoms with Crippen molar-refractivity contribution in [3.63, 3.8) is 0 Å². The van der Waals surface area contributed by atoms with Crippen LogP contribution in [0.15, 0.2) is 77.3 Å². The van der Waals surface area contributed by atoms with Crippen LogP contribution in [0.3, 0.4) is 0 Å². The lowest BCUT2D eigenvalue weighted by molar-refractivity contribution is 0.378. The number of ether oxygens (including phenoxy) is 4. The van der Waals surface area contributed by atoms with Crippen molar-refractivity contribution in [1.82, 2.24) is 0 Å². The molecule has 6 bridgehead atoms. The van der Waals surface area contributed by atoms with Crippen LogP contribution in [-0.4, -0.2) is 21.3 Å². The van der Waals surface area contributed by atoms with Gasteiger partial charge in [0, 0.05) is 10.0 Å². The maximum atomic E-state index is 6.24. The van der Waals surface area contributed by atoms with Crippen molar-refractivity contribution < 1.29 is 18.9 Å². The molecular formula is C31H29BrO4. The fraction of sp³-hybridized carbons (Fsp3) is 0.226. The molecule has 4 nitrogen and oxygen atoms in total. The fourth-order valence-corrected chi connectivity index (χ4v) is 5.24. The Morgan fingerprint density at radius 2 is 1.33 bits per heavy atom. The summed E-state index contributed by atoms with van der Waals surface area (Å²) in [5.41, 5.74) is 7.05. The molecule has 0 saturated heterocycles. The Morgan fingerprint density at radius 1 is 0.611 bits per heavy atom. The molecule has 4 aliphatic heterocycles. The number of benzene rings is 4. The smallest absolute Gasteiger partial charge is 0.169 e. The zero-order chi connectivity index (χ0) is 25.1. The van der Waals surface area contributed by atoms with E-state index in [1.165, 1.54) is 22.3 Å². The second-order valence-electron chi connectivity index (χ2n) is 8.90. The van der Waals surface area contributed by atoms with Crippen LogP contribution in [0.2, 0.25) is 0 Å². The van der Waals surface area contributed by atoms with E-state index in [-0.39, 0.29) is 0 Å². The predicted molar refractivity (Wildman–Crippen MR) is 147 cm³/mol. The largest absolute Gasteiger partial charge is 0.497 e. The van der Waals surface area contributed by atoms with Crippen molar-refractivity contribution in [3.05, 3.63) is 99.5 Å². The molecule has 0 saturated carbocycles. The zero-order valence-electron chi connectivity index (χ0n) is 20.8. The molecule has 0 N–H and O–H groups in total. The molecule has 0 spiro atoms. The molecule has 4 heterocycles. The Bertz CT molecular complexity index is 1380. The summed E-state index contributed by atoms with van der Waals surface area (Å²) < 4.78 is 24.3. The summed E-state index contributed by atoms with van der Waals surface area (Å²) >= 11 is 3.83. The molecule has 4 aliphatic rings. The first-order valence-electron chi connectivity index (χ1n) is 12.1. The number of methoxy groups -OCH3 is 3. The summed E-state index contributed by atoms with van der Waals surface area (Å²) in [6.45, 7) is 0. The normalized spacial score (nSPS) is 12.8. The quantitative estimate of drug-likeness (QED) is 0.263. The minimum atomic E-state index is 0.718. The van der Waals surface area contributed by atoms with Gasteiger partial charge in [0.05, 0.1) is 21.3 Å². The lowest BCUT2D eigenvalue weighted by Gasteiger charge is -2.18. The van der Waals surface area contributed by atoms with Crippen molar-refractivity contribution in [2.75, 3.05) is 21.3 Å². The van der Waals surface area contributed by atoms with Crippen LogP contribution in [0, 0.1) is 0 Å². The number of rotatable bonds is 3. The summed E-state index contributed by atoms with van der Waals surface area (Å²) in [6, 6.07) is 25.0. The van der Waals surface area contributed by atoms with Gasteiger partial charge < -0.3 is 18.9 Å². The van der Waals surface area contributed by atoms with Gasteiger partial charge in [-0.05, 0) is 102 Å². The molecule has 5 heteroatoms. The van der Waals surface area contributed by atoms with Gasteiger partial charge in [-0.15, -0.1) is 0 Å². The van der Waals surface area contributed by atoms with Crippen LogP contribution < -0.4 is 18.9 Å². The van der Waals surface area contributed by atoms with Gasteiger partial charge in [0.25, 0.3) is 0 Å². The molecule has 0 atom stereocenters. The van der Waals surface area contributed by atoms with E-state index >= 15 is 0 Å². The summed E-state index contributed by atoms with van der Waals surface area (Å²) in [4.78, 5) is 0.